The van der Waals surface area contributed by atoms with Crippen LogP contribution in [0.4, 0.5) is 4.39 Å². The van der Waals surface area contributed by atoms with Gasteiger partial charge in [-0.3, -0.25) is 0 Å². The SMILES string of the molecule is COc1ccc(F)cc1-c1nc(CCN)cs1. The van der Waals surface area contributed by atoms with Gasteiger partial charge >= 0.3 is 0 Å². The summed E-state index contributed by atoms with van der Waals surface area (Å²) in [6.07, 6.45) is 0.730. The van der Waals surface area contributed by atoms with Gasteiger partial charge in [-0.2, -0.15) is 0 Å². The maximum absolute atomic E-state index is 13.2. The number of nitrogens with zero attached hydrogens (tertiary/aromatic N) is 1. The zero-order valence-electron chi connectivity index (χ0n) is 9.44. The second kappa shape index (κ2) is 5.25. The molecule has 2 aromatic rings. The summed E-state index contributed by atoms with van der Waals surface area (Å²) < 4.78 is 18.4. The first-order valence-corrected chi connectivity index (χ1v) is 6.11. The maximum Gasteiger partial charge on any atom is 0.129 e. The second-order valence-electron chi connectivity index (χ2n) is 3.53. The van der Waals surface area contributed by atoms with Crippen LogP contribution in [0.2, 0.25) is 0 Å². The van der Waals surface area contributed by atoms with Crippen LogP contribution in [0, 0.1) is 5.82 Å². The van der Waals surface area contributed by atoms with Crippen LogP contribution in [-0.4, -0.2) is 18.6 Å². The van der Waals surface area contributed by atoms with Crippen molar-refractivity contribution in [2.45, 2.75) is 6.42 Å². The van der Waals surface area contributed by atoms with Gasteiger partial charge < -0.3 is 10.5 Å². The van der Waals surface area contributed by atoms with E-state index in [1.54, 1.807) is 13.2 Å². The molecule has 90 valence electrons. The van der Waals surface area contributed by atoms with Gasteiger partial charge in [-0.05, 0) is 24.7 Å². The normalized spacial score (nSPS) is 10.5. The Labute approximate surface area is 103 Å². The van der Waals surface area contributed by atoms with Crippen LogP contribution in [0.25, 0.3) is 10.6 Å². The summed E-state index contributed by atoms with van der Waals surface area (Å²) in [4.78, 5) is 4.41. The van der Waals surface area contributed by atoms with E-state index in [1.807, 2.05) is 5.38 Å². The topological polar surface area (TPSA) is 48.1 Å². The van der Waals surface area contributed by atoms with Crippen molar-refractivity contribution in [1.82, 2.24) is 4.98 Å². The molecule has 2 rings (SSSR count). The summed E-state index contributed by atoms with van der Waals surface area (Å²) in [6.45, 7) is 0.559. The quantitative estimate of drug-likeness (QED) is 0.909. The van der Waals surface area contributed by atoms with Gasteiger partial charge in [-0.25, -0.2) is 9.37 Å². The van der Waals surface area contributed by atoms with E-state index in [0.717, 1.165) is 17.1 Å². The molecule has 0 radical (unpaired) electrons. The number of ether oxygens (including phenoxy) is 1. The summed E-state index contributed by atoms with van der Waals surface area (Å²) in [6, 6.07) is 4.41. The molecule has 3 nitrogen and oxygen atoms in total. The summed E-state index contributed by atoms with van der Waals surface area (Å²) in [5, 5.41) is 2.69. The molecule has 5 heteroatoms. The molecule has 0 aliphatic carbocycles. The lowest BCUT2D eigenvalue weighted by molar-refractivity contribution is 0.415. The number of halogens is 1. The lowest BCUT2D eigenvalue weighted by atomic mass is 10.2. The maximum atomic E-state index is 13.2. The summed E-state index contributed by atoms with van der Waals surface area (Å²) in [7, 11) is 1.56. The molecule has 0 saturated carbocycles. The highest BCUT2D eigenvalue weighted by Crippen LogP contribution is 2.32. The Kier molecular flexibility index (Phi) is 3.71. The molecule has 0 amide bonds. The van der Waals surface area contributed by atoms with Crippen molar-refractivity contribution in [2.75, 3.05) is 13.7 Å². The highest BCUT2D eigenvalue weighted by Gasteiger charge is 2.11. The van der Waals surface area contributed by atoms with Crippen molar-refractivity contribution in [1.29, 1.82) is 0 Å². The fraction of sp³-hybridized carbons (Fsp3) is 0.250. The number of methoxy groups -OCH3 is 1. The van der Waals surface area contributed by atoms with Gasteiger partial charge in [0.1, 0.15) is 16.6 Å². The molecule has 2 N–H and O–H groups in total. The summed E-state index contributed by atoms with van der Waals surface area (Å²) in [5.41, 5.74) is 7.08. The molecule has 1 aromatic carbocycles. The Hall–Kier alpha value is -1.46. The van der Waals surface area contributed by atoms with Gasteiger partial charge in [0.2, 0.25) is 0 Å². The monoisotopic (exact) mass is 252 g/mol. The average Bonchev–Trinajstić information content (AvgIpc) is 2.78. The number of benzene rings is 1. The van der Waals surface area contributed by atoms with Gasteiger partial charge in [-0.1, -0.05) is 0 Å². The van der Waals surface area contributed by atoms with E-state index in [2.05, 4.69) is 4.98 Å². The third kappa shape index (κ3) is 2.62. The van der Waals surface area contributed by atoms with Crippen molar-refractivity contribution in [2.24, 2.45) is 5.73 Å². The first-order chi connectivity index (χ1) is 8.24. The molecule has 0 spiro atoms. The number of hydrogen-bond acceptors (Lipinski definition) is 4. The zero-order valence-corrected chi connectivity index (χ0v) is 10.3. The van der Waals surface area contributed by atoms with Gasteiger partial charge in [0.25, 0.3) is 0 Å². The van der Waals surface area contributed by atoms with Crippen LogP contribution in [0.1, 0.15) is 5.69 Å². The molecule has 0 aliphatic rings. The molecular weight excluding hydrogens is 239 g/mol. The number of rotatable bonds is 4. The molecule has 0 fully saturated rings. The van der Waals surface area contributed by atoms with Crippen LogP contribution >= 0.6 is 11.3 Å². The third-order valence-corrected chi connectivity index (χ3v) is 3.27. The van der Waals surface area contributed by atoms with Crippen LogP contribution in [-0.2, 0) is 6.42 Å². The minimum Gasteiger partial charge on any atom is -0.496 e. The minimum atomic E-state index is -0.295. The molecule has 1 aromatic heterocycles. The molecule has 0 atom stereocenters. The van der Waals surface area contributed by atoms with Crippen molar-refractivity contribution >= 4 is 11.3 Å². The van der Waals surface area contributed by atoms with E-state index < -0.39 is 0 Å². The number of aromatic nitrogens is 1. The molecule has 0 unspecified atom stereocenters. The van der Waals surface area contributed by atoms with Crippen LogP contribution in [0.5, 0.6) is 5.75 Å². The van der Waals surface area contributed by atoms with Crippen LogP contribution in [0.3, 0.4) is 0 Å². The van der Waals surface area contributed by atoms with Gasteiger partial charge in [0, 0.05) is 11.8 Å². The fourth-order valence-corrected chi connectivity index (χ4v) is 2.42. The Balaban J connectivity index is 2.40. The highest BCUT2D eigenvalue weighted by atomic mass is 32.1. The van der Waals surface area contributed by atoms with Crippen molar-refractivity contribution in [3.05, 3.63) is 35.1 Å². The van der Waals surface area contributed by atoms with Gasteiger partial charge in [-0.15, -0.1) is 11.3 Å². The van der Waals surface area contributed by atoms with E-state index in [-0.39, 0.29) is 5.82 Å². The molecule has 17 heavy (non-hydrogen) atoms. The average molecular weight is 252 g/mol. The Morgan fingerprint density at radius 2 is 2.29 bits per heavy atom. The van der Waals surface area contributed by atoms with E-state index in [9.17, 15) is 4.39 Å². The lowest BCUT2D eigenvalue weighted by Crippen LogP contribution is -2.02. The zero-order chi connectivity index (χ0) is 12.3. The van der Waals surface area contributed by atoms with E-state index in [0.29, 0.717) is 17.9 Å². The standard InChI is InChI=1S/C12H13FN2OS/c1-16-11-3-2-8(13)6-10(11)12-15-9(4-5-14)7-17-12/h2-3,6-7H,4-5,14H2,1H3. The van der Waals surface area contributed by atoms with Crippen molar-refractivity contribution in [3.63, 3.8) is 0 Å². The molecule has 0 aliphatic heterocycles. The second-order valence-corrected chi connectivity index (χ2v) is 4.39. The smallest absolute Gasteiger partial charge is 0.129 e. The predicted molar refractivity (Wildman–Crippen MR) is 66.8 cm³/mol. The summed E-state index contributed by atoms with van der Waals surface area (Å²) >= 11 is 1.47. The Morgan fingerprint density at radius 1 is 1.47 bits per heavy atom. The number of thiazole rings is 1. The largest absolute Gasteiger partial charge is 0.496 e. The molecule has 1 heterocycles. The fourth-order valence-electron chi connectivity index (χ4n) is 1.54. The minimum absolute atomic E-state index is 0.295. The molecule has 0 saturated heterocycles. The lowest BCUT2D eigenvalue weighted by Gasteiger charge is -2.05. The Bertz CT molecular complexity index is 513. The van der Waals surface area contributed by atoms with Crippen LogP contribution < -0.4 is 10.5 Å². The van der Waals surface area contributed by atoms with Crippen molar-refractivity contribution in [3.8, 4) is 16.3 Å². The van der Waals surface area contributed by atoms with Crippen LogP contribution in [0.15, 0.2) is 23.6 Å². The third-order valence-electron chi connectivity index (χ3n) is 2.34. The Morgan fingerprint density at radius 3 is 3.00 bits per heavy atom. The van der Waals surface area contributed by atoms with E-state index in [4.69, 9.17) is 10.5 Å². The molecule has 0 bridgehead atoms. The summed E-state index contributed by atoms with van der Waals surface area (Å²) in [5.74, 6) is 0.330. The van der Waals surface area contributed by atoms with Gasteiger partial charge in [0.05, 0.1) is 18.4 Å². The first kappa shape index (κ1) is 12.0. The number of nitrogens with two attached hydrogens (primary N) is 1. The highest BCUT2D eigenvalue weighted by molar-refractivity contribution is 7.13. The van der Waals surface area contributed by atoms with E-state index in [1.165, 1.54) is 23.5 Å². The van der Waals surface area contributed by atoms with Crippen molar-refractivity contribution < 1.29 is 9.13 Å². The van der Waals surface area contributed by atoms with E-state index >= 15 is 0 Å². The predicted octanol–water partition coefficient (Wildman–Crippen LogP) is 2.46. The van der Waals surface area contributed by atoms with Gasteiger partial charge in [0.15, 0.2) is 0 Å². The first-order valence-electron chi connectivity index (χ1n) is 5.23. The number of hydrogen-bond donors (Lipinski definition) is 1. The molecular formula is C12H13FN2OS.